The fourth-order valence-corrected chi connectivity index (χ4v) is 5.81. The highest BCUT2D eigenvalue weighted by atomic mass is 32.2. The SMILES string of the molecule is C=C1CC[C@@H](Oc2cc3c(cn2)[C@H](CC(=O)O)CO3)C/C=C\C=C1c1c(C)cc(OCCCS(C)(=O)=O)cc1C. The van der Waals surface area contributed by atoms with E-state index >= 15 is 0 Å². The van der Waals surface area contributed by atoms with Crippen molar-refractivity contribution in [1.82, 2.24) is 4.98 Å². The Morgan fingerprint density at radius 1 is 1.23 bits per heavy atom. The normalized spacial score (nSPS) is 19.9. The first-order valence-corrected chi connectivity index (χ1v) is 15.5. The molecule has 1 aliphatic carbocycles. The topological polar surface area (TPSA) is 112 Å². The van der Waals surface area contributed by atoms with E-state index in [2.05, 4.69) is 23.7 Å². The van der Waals surface area contributed by atoms with Crippen molar-refractivity contribution in [3.05, 3.63) is 77.0 Å². The number of aryl methyl sites for hydroxylation is 2. The summed E-state index contributed by atoms with van der Waals surface area (Å²) in [6, 6.07) is 5.73. The minimum Gasteiger partial charge on any atom is -0.494 e. The summed E-state index contributed by atoms with van der Waals surface area (Å²) in [4.78, 5) is 15.5. The lowest BCUT2D eigenvalue weighted by Crippen LogP contribution is -2.16. The molecule has 0 unspecified atom stereocenters. The summed E-state index contributed by atoms with van der Waals surface area (Å²) in [7, 11) is -3.00. The molecule has 9 heteroatoms. The predicted octanol–water partition coefficient (Wildman–Crippen LogP) is 5.59. The van der Waals surface area contributed by atoms with Crippen molar-refractivity contribution in [2.24, 2.45) is 0 Å². The molecule has 8 nitrogen and oxygen atoms in total. The van der Waals surface area contributed by atoms with E-state index in [-0.39, 0.29) is 24.2 Å². The fraction of sp³-hybridized carbons (Fsp3) is 0.419. The second-order valence-corrected chi connectivity index (χ2v) is 12.8. The van der Waals surface area contributed by atoms with Gasteiger partial charge < -0.3 is 19.3 Å². The summed E-state index contributed by atoms with van der Waals surface area (Å²) in [6.07, 6.45) is 11.7. The number of hydrogen-bond donors (Lipinski definition) is 1. The number of pyridine rings is 1. The van der Waals surface area contributed by atoms with Gasteiger partial charge in [0.2, 0.25) is 5.88 Å². The Bertz CT molecular complexity index is 1420. The molecule has 0 fully saturated rings. The third-order valence-corrected chi connectivity index (χ3v) is 8.14. The molecule has 2 heterocycles. The molecule has 2 aliphatic rings. The lowest BCUT2D eigenvalue weighted by atomic mass is 9.89. The van der Waals surface area contributed by atoms with Crippen molar-refractivity contribution in [1.29, 1.82) is 0 Å². The van der Waals surface area contributed by atoms with Gasteiger partial charge in [0, 0.05) is 36.4 Å². The quantitative estimate of drug-likeness (QED) is 0.370. The van der Waals surface area contributed by atoms with Crippen molar-refractivity contribution in [3.8, 4) is 17.4 Å². The number of carboxylic acid groups (broad SMARTS) is 1. The Balaban J connectivity index is 1.40. The molecule has 1 aliphatic heterocycles. The Morgan fingerprint density at radius 2 is 1.98 bits per heavy atom. The third-order valence-electron chi connectivity index (χ3n) is 7.11. The van der Waals surface area contributed by atoms with E-state index in [4.69, 9.17) is 19.3 Å². The van der Waals surface area contributed by atoms with Crippen molar-refractivity contribution in [2.75, 3.05) is 25.2 Å². The van der Waals surface area contributed by atoms with Gasteiger partial charge in [-0.05, 0) is 73.1 Å². The van der Waals surface area contributed by atoms with E-state index in [1.807, 2.05) is 32.1 Å². The van der Waals surface area contributed by atoms with Gasteiger partial charge >= 0.3 is 5.97 Å². The van der Waals surface area contributed by atoms with Crippen LogP contribution in [0, 0.1) is 13.8 Å². The van der Waals surface area contributed by atoms with Gasteiger partial charge in [-0.2, -0.15) is 0 Å². The Kier molecular flexibility index (Phi) is 9.35. The van der Waals surface area contributed by atoms with E-state index < -0.39 is 15.8 Å². The smallest absolute Gasteiger partial charge is 0.304 e. The number of aromatic nitrogens is 1. The zero-order valence-corrected chi connectivity index (χ0v) is 24.1. The van der Waals surface area contributed by atoms with Gasteiger partial charge in [-0.1, -0.05) is 24.8 Å². The minimum atomic E-state index is -3.00. The number of fused-ring (bicyclic) bond motifs is 1. The molecular formula is C31H37NO7S. The number of rotatable bonds is 10. The van der Waals surface area contributed by atoms with Gasteiger partial charge in [-0.15, -0.1) is 0 Å². The van der Waals surface area contributed by atoms with Crippen LogP contribution in [0.3, 0.4) is 0 Å². The van der Waals surface area contributed by atoms with Gasteiger partial charge in [0.1, 0.15) is 27.4 Å². The molecule has 0 radical (unpaired) electrons. The van der Waals surface area contributed by atoms with Gasteiger partial charge in [0.15, 0.2) is 0 Å². The fourth-order valence-electron chi connectivity index (χ4n) is 5.17. The van der Waals surface area contributed by atoms with Gasteiger partial charge in [0.05, 0.1) is 25.4 Å². The maximum absolute atomic E-state index is 11.4. The molecule has 1 N–H and O–H groups in total. The van der Waals surface area contributed by atoms with Crippen LogP contribution < -0.4 is 14.2 Å². The number of sulfone groups is 1. The van der Waals surface area contributed by atoms with Gasteiger partial charge in [0.25, 0.3) is 0 Å². The molecular weight excluding hydrogens is 530 g/mol. The standard InChI is InChI=1S/C31H37NO7S/c1-20-10-11-24(39-29-17-28-27(18-32-29)23(19-38-28)16-30(33)34)8-5-6-9-26(20)31-21(2)14-25(15-22(31)3)37-12-7-13-40(4,35)36/h5-6,9,14-15,17-18,23-24H,1,7-8,10-13,16,19H2,2-4H3,(H,33,34)/b6-5-,26-9?/t23-,24+/m1/s1. The van der Waals surface area contributed by atoms with E-state index in [9.17, 15) is 13.2 Å². The van der Waals surface area contributed by atoms with Crippen LogP contribution in [0.15, 0.2) is 54.8 Å². The molecule has 1 aromatic heterocycles. The first-order chi connectivity index (χ1) is 19.0. The Morgan fingerprint density at radius 3 is 2.67 bits per heavy atom. The second kappa shape index (κ2) is 12.7. The average molecular weight is 568 g/mol. The van der Waals surface area contributed by atoms with Crippen LogP contribution in [-0.4, -0.2) is 55.8 Å². The number of hydrogen-bond acceptors (Lipinski definition) is 7. The number of benzene rings is 1. The highest BCUT2D eigenvalue weighted by Crippen LogP contribution is 2.38. The van der Waals surface area contributed by atoms with Crippen LogP contribution in [0.25, 0.3) is 5.57 Å². The van der Waals surface area contributed by atoms with Gasteiger partial charge in [-0.25, -0.2) is 13.4 Å². The molecule has 0 saturated carbocycles. The predicted molar refractivity (Wildman–Crippen MR) is 155 cm³/mol. The molecule has 0 spiro atoms. The van der Waals surface area contributed by atoms with Crippen LogP contribution in [0.5, 0.6) is 17.4 Å². The highest BCUT2D eigenvalue weighted by Gasteiger charge is 2.28. The highest BCUT2D eigenvalue weighted by molar-refractivity contribution is 7.90. The van der Waals surface area contributed by atoms with Crippen LogP contribution in [0.4, 0.5) is 0 Å². The summed E-state index contributed by atoms with van der Waals surface area (Å²) in [5.74, 6) is 0.884. The number of carbonyl (C=O) groups is 1. The van der Waals surface area contributed by atoms with E-state index in [1.165, 1.54) is 6.26 Å². The van der Waals surface area contributed by atoms with E-state index in [0.717, 1.165) is 52.0 Å². The van der Waals surface area contributed by atoms with Crippen molar-refractivity contribution in [2.45, 2.75) is 58.0 Å². The second-order valence-electron chi connectivity index (χ2n) is 10.6. The summed E-state index contributed by atoms with van der Waals surface area (Å²) < 4.78 is 40.5. The van der Waals surface area contributed by atoms with Crippen molar-refractivity contribution >= 4 is 21.4 Å². The van der Waals surface area contributed by atoms with Crippen LogP contribution >= 0.6 is 0 Å². The minimum absolute atomic E-state index is 0.0137. The summed E-state index contributed by atoms with van der Waals surface area (Å²) in [6.45, 7) is 9.17. The molecule has 0 amide bonds. The maximum atomic E-state index is 11.4. The number of nitrogens with zero attached hydrogens (tertiary/aromatic N) is 1. The summed E-state index contributed by atoms with van der Waals surface area (Å²) in [5, 5.41) is 9.12. The van der Waals surface area contributed by atoms with Crippen molar-refractivity contribution < 1.29 is 32.5 Å². The number of carboxylic acids is 1. The molecule has 1 aromatic carbocycles. The number of aliphatic carboxylic acids is 1. The average Bonchev–Trinajstić information content (AvgIpc) is 3.28. The van der Waals surface area contributed by atoms with Crippen LogP contribution in [-0.2, 0) is 14.6 Å². The first-order valence-electron chi connectivity index (χ1n) is 13.5. The lowest BCUT2D eigenvalue weighted by molar-refractivity contribution is -0.137. The lowest BCUT2D eigenvalue weighted by Gasteiger charge is -2.20. The molecule has 2 aromatic rings. The molecule has 4 rings (SSSR count). The monoisotopic (exact) mass is 567 g/mol. The zero-order chi connectivity index (χ0) is 28.9. The molecule has 0 bridgehead atoms. The molecule has 2 atom stereocenters. The maximum Gasteiger partial charge on any atom is 0.304 e. The van der Waals surface area contributed by atoms with E-state index in [0.29, 0.717) is 37.7 Å². The Labute approximate surface area is 236 Å². The Hall–Kier alpha value is -3.59. The summed E-state index contributed by atoms with van der Waals surface area (Å²) in [5.41, 5.74) is 6.14. The molecule has 0 saturated heterocycles. The van der Waals surface area contributed by atoms with Crippen LogP contribution in [0.1, 0.15) is 60.3 Å². The first kappa shape index (κ1) is 29.4. The molecule has 214 valence electrons. The third kappa shape index (κ3) is 7.75. The van der Waals surface area contributed by atoms with Gasteiger partial charge in [-0.3, -0.25) is 4.79 Å². The molecule has 40 heavy (non-hydrogen) atoms. The van der Waals surface area contributed by atoms with Crippen LogP contribution in [0.2, 0.25) is 0 Å². The number of allylic oxidation sites excluding steroid dienone is 4. The van der Waals surface area contributed by atoms with E-state index in [1.54, 1.807) is 12.3 Å². The summed E-state index contributed by atoms with van der Waals surface area (Å²) >= 11 is 0. The largest absolute Gasteiger partial charge is 0.494 e. The number of ether oxygens (including phenoxy) is 3. The zero-order valence-electron chi connectivity index (χ0n) is 23.3. The van der Waals surface area contributed by atoms with Crippen molar-refractivity contribution in [3.63, 3.8) is 0 Å².